The first-order valence-corrected chi connectivity index (χ1v) is 9.39. The Hall–Kier alpha value is -2.60. The maximum atomic E-state index is 12.9. The van der Waals surface area contributed by atoms with Gasteiger partial charge in [-0.25, -0.2) is 0 Å². The second kappa shape index (κ2) is 8.39. The van der Waals surface area contributed by atoms with Crippen LogP contribution in [0.4, 0.5) is 0 Å². The highest BCUT2D eigenvalue weighted by Gasteiger charge is 2.28. The van der Waals surface area contributed by atoms with Gasteiger partial charge < -0.3 is 20.2 Å². The zero-order valence-corrected chi connectivity index (χ0v) is 15.7. The van der Waals surface area contributed by atoms with Crippen molar-refractivity contribution in [3.05, 3.63) is 59.0 Å². The molecule has 1 aromatic carbocycles. The predicted octanol–water partition coefficient (Wildman–Crippen LogP) is 2.82. The van der Waals surface area contributed by atoms with E-state index in [1.165, 1.54) is 13.1 Å². The number of aliphatic hydroxyl groups excluding tert-OH is 1. The molecule has 1 heterocycles. The van der Waals surface area contributed by atoms with Gasteiger partial charge in [0.2, 0.25) is 0 Å². The molecule has 0 aliphatic heterocycles. The van der Waals surface area contributed by atoms with Crippen molar-refractivity contribution in [2.75, 3.05) is 7.05 Å². The number of hydrogen-bond donors (Lipinski definition) is 3. The molecule has 0 unspecified atom stereocenters. The number of furan rings is 1. The smallest absolute Gasteiger partial charge is 0.286 e. The minimum atomic E-state index is -0.364. The van der Waals surface area contributed by atoms with Crippen LogP contribution >= 0.6 is 0 Å². The van der Waals surface area contributed by atoms with E-state index in [0.717, 1.165) is 18.4 Å². The number of amides is 2. The van der Waals surface area contributed by atoms with Gasteiger partial charge in [0.1, 0.15) is 5.76 Å². The van der Waals surface area contributed by atoms with Crippen LogP contribution in [0, 0.1) is 0 Å². The van der Waals surface area contributed by atoms with Gasteiger partial charge in [0, 0.05) is 25.1 Å². The maximum Gasteiger partial charge on any atom is 0.286 e. The molecule has 0 bridgehead atoms. The highest BCUT2D eigenvalue weighted by atomic mass is 16.4. The molecule has 1 saturated carbocycles. The Morgan fingerprint density at radius 3 is 2.41 bits per heavy atom. The van der Waals surface area contributed by atoms with Gasteiger partial charge in [-0.2, -0.15) is 0 Å². The Morgan fingerprint density at radius 2 is 1.78 bits per heavy atom. The molecule has 1 aliphatic rings. The van der Waals surface area contributed by atoms with Crippen molar-refractivity contribution < 1.29 is 19.1 Å². The van der Waals surface area contributed by atoms with Crippen molar-refractivity contribution in [2.45, 2.75) is 50.7 Å². The number of benzene rings is 1. The van der Waals surface area contributed by atoms with Crippen LogP contribution in [0.5, 0.6) is 0 Å². The molecule has 0 radical (unpaired) electrons. The zero-order chi connectivity index (χ0) is 19.4. The van der Waals surface area contributed by atoms with Gasteiger partial charge in [0.25, 0.3) is 11.8 Å². The molecule has 1 aromatic heterocycles. The van der Waals surface area contributed by atoms with Gasteiger partial charge >= 0.3 is 0 Å². The van der Waals surface area contributed by atoms with Crippen LogP contribution in [0.1, 0.15) is 70.8 Å². The third-order valence-corrected chi connectivity index (χ3v) is 5.18. The minimum Gasteiger partial charge on any atom is -0.454 e. The van der Waals surface area contributed by atoms with E-state index in [1.807, 2.05) is 37.3 Å². The first-order valence-electron chi connectivity index (χ1n) is 9.39. The van der Waals surface area contributed by atoms with Crippen molar-refractivity contribution >= 4 is 11.8 Å². The molecule has 1 fully saturated rings. The lowest BCUT2D eigenvalue weighted by Gasteiger charge is -2.26. The van der Waals surface area contributed by atoms with Crippen LogP contribution in [0.15, 0.2) is 40.8 Å². The molecule has 2 amide bonds. The fourth-order valence-electron chi connectivity index (χ4n) is 3.52. The Morgan fingerprint density at radius 1 is 1.11 bits per heavy atom. The summed E-state index contributed by atoms with van der Waals surface area (Å²) in [6.07, 6.45) is 2.59. The quantitative estimate of drug-likeness (QED) is 0.755. The topological polar surface area (TPSA) is 91.6 Å². The summed E-state index contributed by atoms with van der Waals surface area (Å²) in [5, 5.41) is 15.2. The number of nitrogens with one attached hydrogen (secondary N) is 2. The lowest BCUT2D eigenvalue weighted by Crippen LogP contribution is -2.38. The predicted molar refractivity (Wildman–Crippen MR) is 102 cm³/mol. The fourth-order valence-corrected chi connectivity index (χ4v) is 3.52. The van der Waals surface area contributed by atoms with E-state index in [1.54, 1.807) is 0 Å². The van der Waals surface area contributed by atoms with Crippen LogP contribution < -0.4 is 10.6 Å². The lowest BCUT2D eigenvalue weighted by molar-refractivity contribution is 0.0864. The van der Waals surface area contributed by atoms with E-state index in [2.05, 4.69) is 10.6 Å². The Kier molecular flexibility index (Phi) is 5.96. The van der Waals surface area contributed by atoms with E-state index >= 15 is 0 Å². The van der Waals surface area contributed by atoms with Crippen LogP contribution in [-0.2, 0) is 0 Å². The van der Waals surface area contributed by atoms with Crippen LogP contribution in [0.2, 0.25) is 0 Å². The standard InChI is InChI=1S/C21H26N2O4/c1-13(14-6-4-3-5-7-14)19-17(12-18(27-19)21(26)22-2)20(25)23-15-8-10-16(24)11-9-15/h3-7,12-13,15-16,24H,8-11H2,1-2H3,(H,22,26)(H,23,25)/t13-,15-,16-/m0/s1. The summed E-state index contributed by atoms with van der Waals surface area (Å²) in [4.78, 5) is 24.9. The molecular weight excluding hydrogens is 344 g/mol. The average molecular weight is 370 g/mol. The van der Waals surface area contributed by atoms with E-state index in [9.17, 15) is 14.7 Å². The molecule has 3 N–H and O–H groups in total. The second-order valence-corrected chi connectivity index (χ2v) is 7.08. The third-order valence-electron chi connectivity index (χ3n) is 5.18. The summed E-state index contributed by atoms with van der Waals surface area (Å²) in [5.74, 6) is -0.171. The summed E-state index contributed by atoms with van der Waals surface area (Å²) in [6.45, 7) is 1.95. The van der Waals surface area contributed by atoms with E-state index < -0.39 is 0 Å². The van der Waals surface area contributed by atoms with Crippen molar-refractivity contribution in [3.63, 3.8) is 0 Å². The van der Waals surface area contributed by atoms with Crippen molar-refractivity contribution in [1.82, 2.24) is 10.6 Å². The maximum absolute atomic E-state index is 12.9. The molecule has 6 heteroatoms. The Bertz CT molecular complexity index is 792. The molecule has 144 valence electrons. The minimum absolute atomic E-state index is 0.0270. The summed E-state index contributed by atoms with van der Waals surface area (Å²) in [7, 11) is 1.53. The molecule has 0 saturated heterocycles. The average Bonchev–Trinajstić information content (AvgIpc) is 3.15. The molecule has 1 atom stereocenters. The van der Waals surface area contributed by atoms with Crippen LogP contribution in [0.25, 0.3) is 0 Å². The van der Waals surface area contributed by atoms with Gasteiger partial charge in [0.15, 0.2) is 5.76 Å². The highest BCUT2D eigenvalue weighted by molar-refractivity contribution is 5.99. The van der Waals surface area contributed by atoms with Crippen LogP contribution in [0.3, 0.4) is 0 Å². The summed E-state index contributed by atoms with van der Waals surface area (Å²) < 4.78 is 5.80. The normalized spacial score (nSPS) is 20.7. The number of rotatable bonds is 5. The molecule has 6 nitrogen and oxygen atoms in total. The summed E-state index contributed by atoms with van der Waals surface area (Å²) >= 11 is 0. The fraction of sp³-hybridized carbons (Fsp3) is 0.429. The molecule has 0 spiro atoms. The van der Waals surface area contributed by atoms with Crippen molar-refractivity contribution in [2.24, 2.45) is 0 Å². The number of aliphatic hydroxyl groups is 1. The summed E-state index contributed by atoms with van der Waals surface area (Å²) in [5.41, 5.74) is 1.39. The van der Waals surface area contributed by atoms with Crippen molar-refractivity contribution in [1.29, 1.82) is 0 Å². The molecule has 3 rings (SSSR count). The Labute approximate surface area is 159 Å². The first kappa shape index (κ1) is 19.2. The lowest BCUT2D eigenvalue weighted by atomic mass is 9.92. The SMILES string of the molecule is CNC(=O)c1cc(C(=O)N[C@H]2CC[C@H](O)CC2)c([C@@H](C)c2ccccc2)o1. The molecule has 27 heavy (non-hydrogen) atoms. The molecule has 2 aromatic rings. The van der Waals surface area contributed by atoms with E-state index in [4.69, 9.17) is 4.42 Å². The first-order chi connectivity index (χ1) is 13.0. The van der Waals surface area contributed by atoms with Crippen molar-refractivity contribution in [3.8, 4) is 0 Å². The van der Waals surface area contributed by atoms with E-state index in [-0.39, 0.29) is 35.6 Å². The van der Waals surface area contributed by atoms with E-state index in [0.29, 0.717) is 24.2 Å². The van der Waals surface area contributed by atoms with Gasteiger partial charge in [-0.15, -0.1) is 0 Å². The summed E-state index contributed by atoms with van der Waals surface area (Å²) in [6, 6.07) is 11.3. The van der Waals surface area contributed by atoms with Gasteiger partial charge in [-0.1, -0.05) is 37.3 Å². The highest BCUT2D eigenvalue weighted by Crippen LogP contribution is 2.30. The number of carbonyl (C=O) groups is 2. The second-order valence-electron chi connectivity index (χ2n) is 7.08. The molecular formula is C21H26N2O4. The van der Waals surface area contributed by atoms with Gasteiger partial charge in [0.05, 0.1) is 11.7 Å². The Balaban J connectivity index is 1.87. The zero-order valence-electron chi connectivity index (χ0n) is 15.7. The third kappa shape index (κ3) is 4.39. The van der Waals surface area contributed by atoms with Gasteiger partial charge in [-0.3, -0.25) is 9.59 Å². The van der Waals surface area contributed by atoms with Crippen LogP contribution in [-0.4, -0.2) is 36.1 Å². The van der Waals surface area contributed by atoms with Gasteiger partial charge in [-0.05, 0) is 31.2 Å². The monoisotopic (exact) mass is 370 g/mol. The number of carbonyl (C=O) groups excluding carboxylic acids is 2. The molecule has 1 aliphatic carbocycles. The largest absolute Gasteiger partial charge is 0.454 e. The number of hydrogen-bond acceptors (Lipinski definition) is 4.